The third kappa shape index (κ3) is 3.13. The minimum absolute atomic E-state index is 0.0397. The van der Waals surface area contributed by atoms with Crippen molar-refractivity contribution in [2.75, 3.05) is 0 Å². The highest BCUT2D eigenvalue weighted by Crippen LogP contribution is 2.26. The monoisotopic (exact) mass is 262 g/mol. The summed E-state index contributed by atoms with van der Waals surface area (Å²) in [6, 6.07) is 7.58. The molecule has 2 saturated heterocycles. The molecule has 0 aromatic heterocycles. The van der Waals surface area contributed by atoms with Crippen LogP contribution in [0.2, 0.25) is 0 Å². The van der Waals surface area contributed by atoms with Crippen LogP contribution in [0.1, 0.15) is 31.2 Å². The predicted molar refractivity (Wildman–Crippen MR) is 71.2 cm³/mol. The third-order valence-electron chi connectivity index (χ3n) is 4.12. The molecule has 0 saturated carbocycles. The number of nitrogens with one attached hydrogen (secondary N) is 2. The molecule has 1 aromatic carbocycles. The van der Waals surface area contributed by atoms with E-state index in [0.717, 1.165) is 18.4 Å². The number of carbonyl (C=O) groups excluding carboxylic acids is 1. The normalized spacial score (nSPS) is 29.2. The van der Waals surface area contributed by atoms with Gasteiger partial charge in [0.1, 0.15) is 5.82 Å². The third-order valence-corrected chi connectivity index (χ3v) is 4.12. The number of carbonyl (C=O) groups is 1. The number of hydrogen-bond donors (Lipinski definition) is 2. The van der Waals surface area contributed by atoms with Crippen molar-refractivity contribution in [3.05, 3.63) is 35.6 Å². The van der Waals surface area contributed by atoms with Crippen molar-refractivity contribution in [3.8, 4) is 0 Å². The lowest BCUT2D eigenvalue weighted by atomic mass is 9.99. The van der Waals surface area contributed by atoms with E-state index in [4.69, 9.17) is 0 Å². The molecule has 2 heterocycles. The molecule has 19 heavy (non-hydrogen) atoms. The molecule has 4 heteroatoms. The van der Waals surface area contributed by atoms with E-state index in [0.29, 0.717) is 24.5 Å². The molecule has 3 rings (SSSR count). The molecule has 2 aliphatic rings. The van der Waals surface area contributed by atoms with Gasteiger partial charge in [-0.15, -0.1) is 0 Å². The highest BCUT2D eigenvalue weighted by molar-refractivity contribution is 5.78. The van der Waals surface area contributed by atoms with Crippen LogP contribution in [0.5, 0.6) is 0 Å². The van der Waals surface area contributed by atoms with Crippen LogP contribution in [0.25, 0.3) is 0 Å². The van der Waals surface area contributed by atoms with Crippen LogP contribution in [-0.2, 0) is 11.2 Å². The van der Waals surface area contributed by atoms with Gasteiger partial charge in [0.15, 0.2) is 0 Å². The zero-order valence-electron chi connectivity index (χ0n) is 10.9. The Hall–Kier alpha value is -1.42. The van der Waals surface area contributed by atoms with Crippen molar-refractivity contribution in [1.29, 1.82) is 0 Å². The van der Waals surface area contributed by atoms with Crippen molar-refractivity contribution in [2.45, 2.75) is 50.2 Å². The van der Waals surface area contributed by atoms with Crippen LogP contribution >= 0.6 is 0 Å². The maximum atomic E-state index is 12.8. The van der Waals surface area contributed by atoms with Crippen LogP contribution in [-0.4, -0.2) is 24.0 Å². The van der Waals surface area contributed by atoms with Gasteiger partial charge < -0.3 is 10.6 Å². The lowest BCUT2D eigenvalue weighted by Crippen LogP contribution is -2.48. The van der Waals surface area contributed by atoms with Gasteiger partial charge in [0.25, 0.3) is 0 Å². The Morgan fingerprint density at radius 3 is 2.47 bits per heavy atom. The molecule has 2 aliphatic heterocycles. The van der Waals surface area contributed by atoms with Crippen molar-refractivity contribution < 1.29 is 9.18 Å². The lowest BCUT2D eigenvalue weighted by Gasteiger charge is -2.29. The second-order valence-corrected chi connectivity index (χ2v) is 5.68. The number of benzene rings is 1. The first-order valence-electron chi connectivity index (χ1n) is 6.99. The summed E-state index contributed by atoms with van der Waals surface area (Å²) in [4.78, 5) is 12.0. The number of fused-ring (bicyclic) bond motifs is 2. The average molecular weight is 262 g/mol. The van der Waals surface area contributed by atoms with Gasteiger partial charge in [-0.1, -0.05) is 12.1 Å². The molecule has 1 unspecified atom stereocenters. The van der Waals surface area contributed by atoms with E-state index in [-0.39, 0.29) is 11.7 Å². The quantitative estimate of drug-likeness (QED) is 0.871. The topological polar surface area (TPSA) is 41.1 Å². The van der Waals surface area contributed by atoms with E-state index in [1.165, 1.54) is 25.0 Å². The van der Waals surface area contributed by atoms with Gasteiger partial charge in [-0.05, 0) is 43.4 Å². The first kappa shape index (κ1) is 12.6. The van der Waals surface area contributed by atoms with E-state index in [9.17, 15) is 9.18 Å². The molecule has 102 valence electrons. The van der Waals surface area contributed by atoms with Gasteiger partial charge in [0.05, 0.1) is 6.42 Å². The number of amides is 1. The van der Waals surface area contributed by atoms with E-state index in [1.54, 1.807) is 12.1 Å². The number of halogens is 1. The van der Waals surface area contributed by atoms with Crippen molar-refractivity contribution >= 4 is 5.91 Å². The average Bonchev–Trinajstić information content (AvgIpc) is 2.72. The van der Waals surface area contributed by atoms with Gasteiger partial charge in [-0.3, -0.25) is 4.79 Å². The van der Waals surface area contributed by atoms with E-state index in [1.807, 2.05) is 0 Å². The summed E-state index contributed by atoms with van der Waals surface area (Å²) in [5.41, 5.74) is 0.857. The van der Waals surface area contributed by atoms with Gasteiger partial charge >= 0.3 is 0 Å². The highest BCUT2D eigenvalue weighted by Gasteiger charge is 2.33. The van der Waals surface area contributed by atoms with Gasteiger partial charge in [-0.2, -0.15) is 0 Å². The Balaban J connectivity index is 1.52. The van der Waals surface area contributed by atoms with E-state index in [2.05, 4.69) is 10.6 Å². The minimum atomic E-state index is -0.265. The fourth-order valence-corrected chi connectivity index (χ4v) is 3.24. The largest absolute Gasteiger partial charge is 0.353 e. The summed E-state index contributed by atoms with van der Waals surface area (Å²) in [5.74, 6) is -0.225. The Kier molecular flexibility index (Phi) is 3.51. The first-order chi connectivity index (χ1) is 9.19. The van der Waals surface area contributed by atoms with Crippen molar-refractivity contribution in [2.24, 2.45) is 0 Å². The number of hydrogen-bond acceptors (Lipinski definition) is 2. The molecule has 0 radical (unpaired) electrons. The maximum absolute atomic E-state index is 12.8. The maximum Gasteiger partial charge on any atom is 0.224 e. The first-order valence-corrected chi connectivity index (χ1v) is 6.99. The van der Waals surface area contributed by atoms with Crippen LogP contribution in [0.4, 0.5) is 4.39 Å². The number of rotatable bonds is 3. The summed E-state index contributed by atoms with van der Waals surface area (Å²) in [7, 11) is 0. The Morgan fingerprint density at radius 1 is 1.21 bits per heavy atom. The lowest BCUT2D eigenvalue weighted by molar-refractivity contribution is -0.121. The Morgan fingerprint density at radius 2 is 1.84 bits per heavy atom. The molecule has 0 aliphatic carbocycles. The van der Waals surface area contributed by atoms with Crippen LogP contribution in [0.15, 0.2) is 24.3 Å². The van der Waals surface area contributed by atoms with Crippen molar-refractivity contribution in [1.82, 2.24) is 10.6 Å². The summed E-state index contributed by atoms with van der Waals surface area (Å²) in [6.45, 7) is 0. The van der Waals surface area contributed by atoms with Crippen LogP contribution < -0.4 is 10.6 Å². The minimum Gasteiger partial charge on any atom is -0.353 e. The Bertz CT molecular complexity index is 448. The van der Waals surface area contributed by atoms with Gasteiger partial charge in [-0.25, -0.2) is 4.39 Å². The summed E-state index contributed by atoms with van der Waals surface area (Å²) < 4.78 is 12.8. The molecule has 0 spiro atoms. The standard InChI is InChI=1S/C15H19FN2O/c16-11-3-1-10(2-4-11)7-15(19)18-14-8-12-5-6-13(9-14)17-12/h1-4,12-14,17H,5-9H2,(H,18,19)/t12-,13+,14?. The molecular weight excluding hydrogens is 243 g/mol. The second kappa shape index (κ2) is 5.29. The van der Waals surface area contributed by atoms with Gasteiger partial charge in [0, 0.05) is 18.1 Å². The summed E-state index contributed by atoms with van der Waals surface area (Å²) >= 11 is 0. The molecule has 2 fully saturated rings. The number of piperidine rings is 1. The molecule has 1 amide bonds. The van der Waals surface area contributed by atoms with Crippen molar-refractivity contribution in [3.63, 3.8) is 0 Å². The van der Waals surface area contributed by atoms with E-state index < -0.39 is 0 Å². The Labute approximate surface area is 112 Å². The SMILES string of the molecule is O=C(Cc1ccc(F)cc1)NC1C[C@H]2CC[C@@H](C1)N2. The van der Waals surface area contributed by atoms with E-state index >= 15 is 0 Å². The fourth-order valence-electron chi connectivity index (χ4n) is 3.24. The zero-order chi connectivity index (χ0) is 13.2. The molecule has 1 aromatic rings. The molecular formula is C15H19FN2O. The van der Waals surface area contributed by atoms with Crippen LogP contribution in [0.3, 0.4) is 0 Å². The molecule has 3 nitrogen and oxygen atoms in total. The smallest absolute Gasteiger partial charge is 0.224 e. The zero-order valence-corrected chi connectivity index (χ0v) is 10.9. The highest BCUT2D eigenvalue weighted by atomic mass is 19.1. The molecule has 3 atom stereocenters. The summed E-state index contributed by atoms with van der Waals surface area (Å²) in [6.07, 6.45) is 4.86. The second-order valence-electron chi connectivity index (χ2n) is 5.68. The fraction of sp³-hybridized carbons (Fsp3) is 0.533. The molecule has 2 bridgehead atoms. The predicted octanol–water partition coefficient (Wildman–Crippen LogP) is 1.77. The van der Waals surface area contributed by atoms with Crippen LogP contribution in [0, 0.1) is 5.82 Å². The van der Waals surface area contributed by atoms with Gasteiger partial charge in [0.2, 0.25) is 5.91 Å². The molecule has 2 N–H and O–H groups in total. The summed E-state index contributed by atoms with van der Waals surface area (Å²) in [5, 5.41) is 6.67.